The molecule has 0 saturated heterocycles. The highest BCUT2D eigenvalue weighted by molar-refractivity contribution is 5.59. The third kappa shape index (κ3) is 3.30. The monoisotopic (exact) mass is 275 g/mol. The third-order valence-corrected chi connectivity index (χ3v) is 3.40. The van der Waals surface area contributed by atoms with E-state index in [4.69, 9.17) is 0 Å². The molecule has 0 unspecified atom stereocenters. The Bertz CT molecular complexity index is 678. The lowest BCUT2D eigenvalue weighted by molar-refractivity contribution is 0.220. The molecular formula is C19H17NO. The van der Waals surface area contributed by atoms with E-state index in [-0.39, 0.29) is 0 Å². The van der Waals surface area contributed by atoms with Gasteiger partial charge < -0.3 is 10.4 Å². The van der Waals surface area contributed by atoms with Gasteiger partial charge in [-0.2, -0.15) is 0 Å². The molecule has 0 heterocycles. The summed E-state index contributed by atoms with van der Waals surface area (Å²) in [6.07, 6.45) is -0.586. The van der Waals surface area contributed by atoms with Gasteiger partial charge in [0.1, 0.15) is 6.10 Å². The fourth-order valence-corrected chi connectivity index (χ4v) is 2.26. The molecule has 3 rings (SSSR count). The van der Waals surface area contributed by atoms with E-state index in [2.05, 4.69) is 5.32 Å². The summed E-state index contributed by atoms with van der Waals surface area (Å²) < 4.78 is 0. The minimum absolute atomic E-state index is 0.586. The van der Waals surface area contributed by atoms with Gasteiger partial charge in [0.25, 0.3) is 0 Å². The Morgan fingerprint density at radius 1 is 0.571 bits per heavy atom. The summed E-state index contributed by atoms with van der Waals surface area (Å²) in [5.74, 6) is 0. The first-order chi connectivity index (χ1) is 10.3. The molecule has 1 atom stereocenters. The number of nitrogens with one attached hydrogen (secondary N) is 1. The van der Waals surface area contributed by atoms with Crippen LogP contribution in [-0.4, -0.2) is 5.11 Å². The Balaban J connectivity index is 1.75. The van der Waals surface area contributed by atoms with Crippen LogP contribution in [-0.2, 0) is 0 Å². The van der Waals surface area contributed by atoms with Crippen LogP contribution in [0.15, 0.2) is 84.9 Å². The summed E-state index contributed by atoms with van der Waals surface area (Å²) in [7, 11) is 0. The maximum absolute atomic E-state index is 10.4. The molecule has 104 valence electrons. The predicted octanol–water partition coefficient (Wildman–Crippen LogP) is 4.51. The van der Waals surface area contributed by atoms with Crippen molar-refractivity contribution in [3.8, 4) is 0 Å². The highest BCUT2D eigenvalue weighted by atomic mass is 16.3. The van der Waals surface area contributed by atoms with Crippen molar-refractivity contribution in [1.82, 2.24) is 0 Å². The number of aliphatic hydroxyl groups is 1. The zero-order valence-electron chi connectivity index (χ0n) is 11.6. The van der Waals surface area contributed by atoms with Gasteiger partial charge in [0, 0.05) is 11.4 Å². The normalized spacial score (nSPS) is 11.9. The van der Waals surface area contributed by atoms with Gasteiger partial charge in [0.15, 0.2) is 0 Å². The molecule has 0 radical (unpaired) electrons. The number of benzene rings is 3. The lowest BCUT2D eigenvalue weighted by Crippen LogP contribution is -1.99. The van der Waals surface area contributed by atoms with Crippen LogP contribution in [0.25, 0.3) is 0 Å². The SMILES string of the molecule is O[C@@H](c1ccccc1)c1ccc(Nc2ccccc2)cc1. The number of para-hydroxylation sites is 1. The van der Waals surface area contributed by atoms with Crippen LogP contribution in [0, 0.1) is 0 Å². The Morgan fingerprint density at radius 3 is 1.67 bits per heavy atom. The van der Waals surface area contributed by atoms with Crippen LogP contribution >= 0.6 is 0 Å². The van der Waals surface area contributed by atoms with Gasteiger partial charge in [-0.15, -0.1) is 0 Å². The highest BCUT2D eigenvalue weighted by Crippen LogP contribution is 2.24. The molecule has 0 aromatic heterocycles. The molecule has 3 aromatic carbocycles. The number of hydrogen-bond acceptors (Lipinski definition) is 2. The number of anilines is 2. The van der Waals surface area contributed by atoms with E-state index in [1.807, 2.05) is 84.9 Å². The number of aliphatic hydroxyl groups excluding tert-OH is 1. The van der Waals surface area contributed by atoms with Crippen molar-refractivity contribution in [2.45, 2.75) is 6.10 Å². The van der Waals surface area contributed by atoms with Crippen molar-refractivity contribution in [2.24, 2.45) is 0 Å². The second-order valence-corrected chi connectivity index (χ2v) is 4.93. The second-order valence-electron chi connectivity index (χ2n) is 4.93. The molecule has 0 aliphatic rings. The van der Waals surface area contributed by atoms with Crippen LogP contribution in [0.1, 0.15) is 17.2 Å². The van der Waals surface area contributed by atoms with Crippen molar-refractivity contribution in [1.29, 1.82) is 0 Å². The average molecular weight is 275 g/mol. The van der Waals surface area contributed by atoms with Crippen molar-refractivity contribution in [3.63, 3.8) is 0 Å². The molecule has 2 nitrogen and oxygen atoms in total. The summed E-state index contributed by atoms with van der Waals surface area (Å²) in [5, 5.41) is 13.7. The predicted molar refractivity (Wildman–Crippen MR) is 86.7 cm³/mol. The first-order valence-corrected chi connectivity index (χ1v) is 6.98. The Morgan fingerprint density at radius 2 is 1.05 bits per heavy atom. The minimum Gasteiger partial charge on any atom is -0.384 e. The maximum atomic E-state index is 10.4. The van der Waals surface area contributed by atoms with Crippen LogP contribution in [0.3, 0.4) is 0 Å². The molecule has 0 saturated carbocycles. The molecule has 2 N–H and O–H groups in total. The zero-order valence-corrected chi connectivity index (χ0v) is 11.6. The number of hydrogen-bond donors (Lipinski definition) is 2. The van der Waals surface area contributed by atoms with E-state index in [9.17, 15) is 5.11 Å². The fourth-order valence-electron chi connectivity index (χ4n) is 2.26. The molecule has 0 fully saturated rings. The van der Waals surface area contributed by atoms with E-state index < -0.39 is 6.10 Å². The van der Waals surface area contributed by atoms with Gasteiger partial charge in [-0.05, 0) is 35.4 Å². The molecular weight excluding hydrogens is 258 g/mol. The van der Waals surface area contributed by atoms with E-state index in [1.54, 1.807) is 0 Å². The quantitative estimate of drug-likeness (QED) is 0.734. The van der Waals surface area contributed by atoms with Crippen molar-refractivity contribution in [3.05, 3.63) is 96.1 Å². The van der Waals surface area contributed by atoms with Gasteiger partial charge >= 0.3 is 0 Å². The highest BCUT2D eigenvalue weighted by Gasteiger charge is 2.09. The van der Waals surface area contributed by atoms with Gasteiger partial charge in [-0.1, -0.05) is 60.7 Å². The maximum Gasteiger partial charge on any atom is 0.104 e. The van der Waals surface area contributed by atoms with E-state index in [1.165, 1.54) is 0 Å². The summed E-state index contributed by atoms with van der Waals surface area (Å²) >= 11 is 0. The molecule has 21 heavy (non-hydrogen) atoms. The Labute approximate surface area is 124 Å². The van der Waals surface area contributed by atoms with E-state index in [0.29, 0.717) is 0 Å². The van der Waals surface area contributed by atoms with E-state index in [0.717, 1.165) is 22.5 Å². The first-order valence-electron chi connectivity index (χ1n) is 6.98. The van der Waals surface area contributed by atoms with Crippen molar-refractivity contribution >= 4 is 11.4 Å². The zero-order chi connectivity index (χ0) is 14.5. The van der Waals surface area contributed by atoms with Crippen LogP contribution in [0.4, 0.5) is 11.4 Å². The smallest absolute Gasteiger partial charge is 0.104 e. The summed E-state index contributed by atoms with van der Waals surface area (Å²) in [6.45, 7) is 0. The molecule has 0 aliphatic carbocycles. The molecule has 3 aromatic rings. The average Bonchev–Trinajstić information content (AvgIpc) is 2.57. The lowest BCUT2D eigenvalue weighted by atomic mass is 10.0. The lowest BCUT2D eigenvalue weighted by Gasteiger charge is -2.12. The van der Waals surface area contributed by atoms with Crippen molar-refractivity contribution < 1.29 is 5.11 Å². The van der Waals surface area contributed by atoms with Gasteiger partial charge in [0.05, 0.1) is 0 Å². The summed E-state index contributed by atoms with van der Waals surface area (Å²) in [5.41, 5.74) is 3.85. The van der Waals surface area contributed by atoms with Crippen LogP contribution < -0.4 is 5.32 Å². The van der Waals surface area contributed by atoms with Gasteiger partial charge in [-0.3, -0.25) is 0 Å². The summed E-state index contributed by atoms with van der Waals surface area (Å²) in [6, 6.07) is 27.6. The van der Waals surface area contributed by atoms with Gasteiger partial charge in [0.2, 0.25) is 0 Å². The molecule has 0 aliphatic heterocycles. The standard InChI is InChI=1S/C19H17NO/c21-19(15-7-3-1-4-8-15)16-11-13-18(14-12-16)20-17-9-5-2-6-10-17/h1-14,19-21H/t19-/m0/s1. The Kier molecular flexibility index (Phi) is 3.99. The molecule has 0 bridgehead atoms. The first kappa shape index (κ1) is 13.4. The second kappa shape index (κ2) is 6.25. The third-order valence-electron chi connectivity index (χ3n) is 3.40. The minimum atomic E-state index is -0.586. The largest absolute Gasteiger partial charge is 0.384 e. The van der Waals surface area contributed by atoms with Crippen molar-refractivity contribution in [2.75, 3.05) is 5.32 Å². The summed E-state index contributed by atoms with van der Waals surface area (Å²) in [4.78, 5) is 0. The molecule has 0 amide bonds. The van der Waals surface area contributed by atoms with Crippen LogP contribution in [0.5, 0.6) is 0 Å². The fraction of sp³-hybridized carbons (Fsp3) is 0.0526. The Hall–Kier alpha value is -2.58. The molecule has 0 spiro atoms. The van der Waals surface area contributed by atoms with E-state index >= 15 is 0 Å². The van der Waals surface area contributed by atoms with Gasteiger partial charge in [-0.25, -0.2) is 0 Å². The van der Waals surface area contributed by atoms with Crippen LogP contribution in [0.2, 0.25) is 0 Å². The number of rotatable bonds is 4. The molecule has 2 heteroatoms. The topological polar surface area (TPSA) is 32.3 Å².